The summed E-state index contributed by atoms with van der Waals surface area (Å²) >= 11 is 4.74. The van der Waals surface area contributed by atoms with Gasteiger partial charge in [0.15, 0.2) is 0 Å². The molecule has 4 rings (SSSR count). The number of nitrogens with zero attached hydrogens (tertiary/aromatic N) is 1. The van der Waals surface area contributed by atoms with Gasteiger partial charge in [-0.25, -0.2) is 4.99 Å². The summed E-state index contributed by atoms with van der Waals surface area (Å²) in [4.78, 5) is 11.7. The Balaban J connectivity index is 1.97. The van der Waals surface area contributed by atoms with Crippen LogP contribution in [0, 0.1) is 17.4 Å². The Kier molecular flexibility index (Phi) is 4.72. The molecule has 3 aromatic rings. The largest absolute Gasteiger partial charge is 0.494 e. The second-order valence-electron chi connectivity index (χ2n) is 6.20. The van der Waals surface area contributed by atoms with E-state index in [4.69, 9.17) is 9.73 Å². The summed E-state index contributed by atoms with van der Waals surface area (Å²) < 4.78 is 8.01. The van der Waals surface area contributed by atoms with Crippen molar-refractivity contribution in [2.75, 3.05) is 7.11 Å². The number of halogens is 2. The second kappa shape index (κ2) is 6.88. The lowest BCUT2D eigenvalue weighted by molar-refractivity contribution is 0.412. The van der Waals surface area contributed by atoms with Crippen molar-refractivity contribution >= 4 is 60.5 Å². The summed E-state index contributed by atoms with van der Waals surface area (Å²) in [5, 5.41) is 4.08. The maximum Gasteiger partial charge on any atom is 0.144 e. The van der Waals surface area contributed by atoms with Crippen LogP contribution in [0.1, 0.15) is 17.0 Å². The number of para-hydroxylation sites is 1. The van der Waals surface area contributed by atoms with Gasteiger partial charge in [-0.3, -0.25) is 0 Å². The predicted molar refractivity (Wildman–Crippen MR) is 121 cm³/mol. The third kappa shape index (κ3) is 2.92. The zero-order chi connectivity index (χ0) is 18.4. The smallest absolute Gasteiger partial charge is 0.144 e. The second-order valence-corrected chi connectivity index (χ2v) is 8.36. The van der Waals surface area contributed by atoms with Crippen LogP contribution in [0.15, 0.2) is 35.3 Å². The maximum atomic E-state index is 5.60. The molecule has 6 heteroatoms. The van der Waals surface area contributed by atoms with E-state index in [9.17, 15) is 0 Å². The van der Waals surface area contributed by atoms with E-state index in [1.807, 2.05) is 24.3 Å². The number of rotatable bonds is 2. The molecule has 0 unspecified atom stereocenters. The molecule has 132 valence electrons. The van der Waals surface area contributed by atoms with E-state index in [-0.39, 0.29) is 0 Å². The van der Waals surface area contributed by atoms with Crippen LogP contribution < -0.4 is 26.0 Å². The van der Waals surface area contributed by atoms with Crippen LogP contribution in [0.4, 0.5) is 0 Å². The molecule has 0 spiro atoms. The minimum Gasteiger partial charge on any atom is -0.494 e. The Morgan fingerprint density at radius 2 is 1.88 bits per heavy atom. The fraction of sp³-hybridized carbons (Fsp3) is 0.150. The Bertz CT molecular complexity index is 1270. The summed E-state index contributed by atoms with van der Waals surface area (Å²) in [5.74, 6) is 0.810. The Morgan fingerprint density at radius 1 is 1.12 bits per heavy atom. The molecule has 26 heavy (non-hydrogen) atoms. The van der Waals surface area contributed by atoms with E-state index in [1.165, 1.54) is 20.0 Å². The molecule has 1 aromatic carbocycles. The monoisotopic (exact) mass is 569 g/mol. The highest BCUT2D eigenvalue weighted by Gasteiger charge is 2.13. The highest BCUT2D eigenvalue weighted by atomic mass is 127. The van der Waals surface area contributed by atoms with E-state index in [0.29, 0.717) is 0 Å². The van der Waals surface area contributed by atoms with E-state index < -0.39 is 0 Å². The molecule has 0 radical (unpaired) electrons. The first-order valence-corrected chi connectivity index (χ1v) is 10.3. The molecule has 4 nitrogen and oxygen atoms in total. The molecular weight excluding hydrogens is 552 g/mol. The van der Waals surface area contributed by atoms with Crippen LogP contribution in [0.2, 0.25) is 0 Å². The number of H-pyrrole nitrogens is 2. The average molecular weight is 569 g/mol. The first-order valence-electron chi connectivity index (χ1n) is 8.17. The molecule has 0 saturated heterocycles. The van der Waals surface area contributed by atoms with Crippen molar-refractivity contribution in [3.63, 3.8) is 0 Å². The van der Waals surface area contributed by atoms with E-state index >= 15 is 0 Å². The van der Waals surface area contributed by atoms with Gasteiger partial charge in [0.2, 0.25) is 0 Å². The molecule has 0 saturated carbocycles. The van der Waals surface area contributed by atoms with E-state index in [2.05, 4.69) is 81.1 Å². The van der Waals surface area contributed by atoms with Crippen molar-refractivity contribution in [1.29, 1.82) is 0 Å². The normalized spacial score (nSPS) is 16.0. The maximum absolute atomic E-state index is 5.60. The highest BCUT2D eigenvalue weighted by molar-refractivity contribution is 14.1. The van der Waals surface area contributed by atoms with Crippen molar-refractivity contribution < 1.29 is 4.74 Å². The Morgan fingerprint density at radius 3 is 2.54 bits per heavy atom. The molecule has 0 fully saturated rings. The standard InChI is InChI=1S/C20H17I2N3O/c1-10-14(23-11(2)18(10)21)8-15-17(26-3)9-16(24-15)20-19(22)12-6-4-5-7-13(12)25-20/h4-9,23-24H,1-3H3/b15-8-,20-16-. The molecule has 1 aliphatic heterocycles. The zero-order valence-electron chi connectivity index (χ0n) is 14.6. The molecule has 3 heterocycles. The topological polar surface area (TPSA) is 53.2 Å². The number of aryl methyl sites for hydroxylation is 1. The molecule has 0 amide bonds. The fourth-order valence-electron chi connectivity index (χ4n) is 3.13. The number of hydrogen-bond acceptors (Lipinski definition) is 2. The highest BCUT2D eigenvalue weighted by Crippen LogP contribution is 2.22. The van der Waals surface area contributed by atoms with Crippen LogP contribution in [-0.4, -0.2) is 17.1 Å². The summed E-state index contributed by atoms with van der Waals surface area (Å²) in [7, 11) is 1.70. The van der Waals surface area contributed by atoms with Gasteiger partial charge < -0.3 is 14.7 Å². The first-order chi connectivity index (χ1) is 12.5. The number of methoxy groups -OCH3 is 1. The zero-order valence-corrected chi connectivity index (χ0v) is 18.9. The molecule has 1 aliphatic rings. The number of aromatic nitrogens is 2. The lowest BCUT2D eigenvalue weighted by Gasteiger charge is -1.94. The van der Waals surface area contributed by atoms with Gasteiger partial charge in [-0.15, -0.1) is 0 Å². The van der Waals surface area contributed by atoms with Crippen LogP contribution in [0.25, 0.3) is 15.4 Å². The lowest BCUT2D eigenvalue weighted by Crippen LogP contribution is -2.20. The van der Waals surface area contributed by atoms with Gasteiger partial charge in [0.05, 0.1) is 26.7 Å². The molecular formula is C20H17I2N3O. The van der Waals surface area contributed by atoms with Crippen molar-refractivity contribution in [3.05, 3.63) is 72.1 Å². The number of aromatic amines is 2. The summed E-state index contributed by atoms with van der Waals surface area (Å²) in [6.45, 7) is 4.22. The number of ether oxygens (including phenoxy) is 1. The fourth-order valence-corrected chi connectivity index (χ4v) is 4.42. The SMILES string of the molecule is COc1c/c(=C2/N=c3ccccc3=C2I)[nH]/c1=C\c1[nH]c(C)c(I)c1C. The average Bonchev–Trinajstić information content (AvgIpc) is 3.27. The minimum absolute atomic E-state index is 0.810. The van der Waals surface area contributed by atoms with E-state index in [0.717, 1.165) is 36.8 Å². The van der Waals surface area contributed by atoms with Crippen molar-refractivity contribution in [3.8, 4) is 5.75 Å². The number of fused-ring (bicyclic) bond motifs is 1. The van der Waals surface area contributed by atoms with Gasteiger partial charge in [-0.2, -0.15) is 0 Å². The van der Waals surface area contributed by atoms with Crippen LogP contribution in [0.3, 0.4) is 0 Å². The summed E-state index contributed by atoms with van der Waals surface area (Å²) in [5.41, 5.74) is 4.47. The van der Waals surface area contributed by atoms with Gasteiger partial charge in [-0.05, 0) is 76.7 Å². The molecule has 0 bridgehead atoms. The van der Waals surface area contributed by atoms with Crippen molar-refractivity contribution in [1.82, 2.24) is 9.97 Å². The molecule has 2 aromatic heterocycles. The van der Waals surface area contributed by atoms with Gasteiger partial charge in [0.1, 0.15) is 11.4 Å². The van der Waals surface area contributed by atoms with E-state index in [1.54, 1.807) is 7.11 Å². The predicted octanol–water partition coefficient (Wildman–Crippen LogP) is 2.39. The van der Waals surface area contributed by atoms with Crippen molar-refractivity contribution in [2.24, 2.45) is 4.99 Å². The lowest BCUT2D eigenvalue weighted by atomic mass is 10.2. The number of hydrogen-bond donors (Lipinski definition) is 2. The van der Waals surface area contributed by atoms with Gasteiger partial charge in [0, 0.05) is 26.2 Å². The minimum atomic E-state index is 0.810. The summed E-state index contributed by atoms with van der Waals surface area (Å²) in [6.07, 6.45) is 2.10. The van der Waals surface area contributed by atoms with Crippen LogP contribution in [-0.2, 0) is 0 Å². The van der Waals surface area contributed by atoms with Crippen molar-refractivity contribution in [2.45, 2.75) is 13.8 Å². The number of nitrogens with one attached hydrogen (secondary N) is 2. The van der Waals surface area contributed by atoms with Gasteiger partial charge in [0.25, 0.3) is 0 Å². The summed E-state index contributed by atoms with van der Waals surface area (Å²) in [6, 6.07) is 10.2. The molecule has 0 aliphatic carbocycles. The van der Waals surface area contributed by atoms with Crippen LogP contribution in [0.5, 0.6) is 5.75 Å². The van der Waals surface area contributed by atoms with Gasteiger partial charge >= 0.3 is 0 Å². The third-order valence-electron chi connectivity index (χ3n) is 4.54. The molecule has 0 atom stereocenters. The number of benzene rings is 1. The molecule has 2 N–H and O–H groups in total. The third-order valence-corrected chi connectivity index (χ3v) is 7.25. The quantitative estimate of drug-likeness (QED) is 0.458. The van der Waals surface area contributed by atoms with Gasteiger partial charge in [-0.1, -0.05) is 18.2 Å². The first kappa shape index (κ1) is 17.8. The Labute approximate surface area is 178 Å². The van der Waals surface area contributed by atoms with Crippen LogP contribution >= 0.6 is 45.2 Å². The Hall–Kier alpha value is -1.55.